The second-order valence-electron chi connectivity index (χ2n) is 6.12. The Hall–Kier alpha value is -2.81. The highest BCUT2D eigenvalue weighted by atomic mass is 32.1. The fourth-order valence-electron chi connectivity index (χ4n) is 2.90. The Bertz CT molecular complexity index is 853. The molecule has 3 rings (SSSR count). The molecule has 1 atom stereocenters. The molecule has 27 heavy (non-hydrogen) atoms. The minimum absolute atomic E-state index is 0.0669. The summed E-state index contributed by atoms with van der Waals surface area (Å²) in [5.41, 5.74) is 6.08. The molecule has 1 fully saturated rings. The topological polar surface area (TPSA) is 103 Å². The number of primary amides is 1. The van der Waals surface area contributed by atoms with Gasteiger partial charge in [-0.15, -0.1) is 11.3 Å². The third-order valence-electron chi connectivity index (χ3n) is 4.28. The summed E-state index contributed by atoms with van der Waals surface area (Å²) in [4.78, 5) is 41.4. The van der Waals surface area contributed by atoms with Crippen molar-refractivity contribution in [2.75, 3.05) is 13.2 Å². The zero-order valence-electron chi connectivity index (χ0n) is 14.4. The molecule has 0 saturated carbocycles. The molecular weight excluding hydrogens is 373 g/mol. The summed E-state index contributed by atoms with van der Waals surface area (Å²) in [6, 6.07) is 5.08. The van der Waals surface area contributed by atoms with Gasteiger partial charge in [-0.05, 0) is 43.5 Å². The lowest BCUT2D eigenvalue weighted by Crippen LogP contribution is -2.51. The molecule has 9 heteroatoms. The number of ether oxygens (including phenoxy) is 1. The zero-order valence-corrected chi connectivity index (χ0v) is 15.2. The molecule has 0 bridgehead atoms. The summed E-state index contributed by atoms with van der Waals surface area (Å²) in [5.74, 6) is -2.11. The Labute approximate surface area is 158 Å². The average molecular weight is 391 g/mol. The van der Waals surface area contributed by atoms with E-state index >= 15 is 0 Å². The average Bonchev–Trinajstić information content (AvgIpc) is 3.16. The molecule has 2 aromatic rings. The van der Waals surface area contributed by atoms with Gasteiger partial charge in [-0.25, -0.2) is 14.2 Å². The van der Waals surface area contributed by atoms with Crippen molar-refractivity contribution in [1.29, 1.82) is 0 Å². The number of likely N-dealkylation sites (tertiary alicyclic amines) is 1. The van der Waals surface area contributed by atoms with Gasteiger partial charge in [0.25, 0.3) is 5.91 Å². The van der Waals surface area contributed by atoms with Gasteiger partial charge in [-0.2, -0.15) is 0 Å². The lowest BCUT2D eigenvalue weighted by Gasteiger charge is -2.33. The summed E-state index contributed by atoms with van der Waals surface area (Å²) in [7, 11) is 0. The van der Waals surface area contributed by atoms with Crippen molar-refractivity contribution in [2.24, 2.45) is 5.73 Å². The number of nitrogens with two attached hydrogens (primary N) is 1. The van der Waals surface area contributed by atoms with E-state index in [1.807, 2.05) is 0 Å². The van der Waals surface area contributed by atoms with E-state index < -0.39 is 30.4 Å². The molecule has 2 N–H and O–H groups in total. The number of halogens is 1. The molecule has 1 aromatic heterocycles. The monoisotopic (exact) mass is 391 g/mol. The number of nitrogens with zero attached hydrogens (tertiary/aromatic N) is 2. The molecule has 0 spiro atoms. The Morgan fingerprint density at radius 3 is 2.70 bits per heavy atom. The van der Waals surface area contributed by atoms with Gasteiger partial charge >= 0.3 is 5.97 Å². The van der Waals surface area contributed by atoms with E-state index in [2.05, 4.69) is 4.98 Å². The van der Waals surface area contributed by atoms with Crippen LogP contribution in [0.3, 0.4) is 0 Å². The van der Waals surface area contributed by atoms with Gasteiger partial charge in [0.15, 0.2) is 12.3 Å². The van der Waals surface area contributed by atoms with Crippen LogP contribution in [0.25, 0.3) is 10.6 Å². The molecule has 1 aliphatic rings. The second-order valence-corrected chi connectivity index (χ2v) is 6.98. The third kappa shape index (κ3) is 4.48. The number of piperidine rings is 1. The van der Waals surface area contributed by atoms with Crippen molar-refractivity contribution in [3.8, 4) is 10.6 Å². The van der Waals surface area contributed by atoms with Crippen LogP contribution in [-0.2, 0) is 14.3 Å². The van der Waals surface area contributed by atoms with Crippen LogP contribution in [-0.4, -0.2) is 46.9 Å². The predicted molar refractivity (Wildman–Crippen MR) is 96.3 cm³/mol. The molecule has 0 radical (unpaired) electrons. The fraction of sp³-hybridized carbons (Fsp3) is 0.333. The molecular formula is C18H18FN3O4S. The van der Waals surface area contributed by atoms with Crippen LogP contribution >= 0.6 is 11.3 Å². The number of carbonyl (C=O) groups is 3. The number of hydrogen-bond donors (Lipinski definition) is 1. The quantitative estimate of drug-likeness (QED) is 0.785. The number of amides is 2. The van der Waals surface area contributed by atoms with Crippen LogP contribution in [0.4, 0.5) is 4.39 Å². The van der Waals surface area contributed by atoms with Gasteiger partial charge in [0.1, 0.15) is 16.9 Å². The SMILES string of the molecule is NC(=O)[C@@H]1CCCCN1C(=O)COC(=O)c1csc(-c2ccc(F)cc2)n1. The maximum Gasteiger partial charge on any atom is 0.358 e. The smallest absolute Gasteiger partial charge is 0.358 e. The molecule has 1 aromatic carbocycles. The van der Waals surface area contributed by atoms with Crippen molar-refractivity contribution in [3.05, 3.63) is 41.2 Å². The standard InChI is InChI=1S/C18H18FN3O4S/c19-12-6-4-11(5-7-12)17-21-13(10-27-17)18(25)26-9-15(23)22-8-2-1-3-14(22)16(20)24/h4-7,10,14H,1-3,8-9H2,(H2,20,24)/t14-/m0/s1. The fourth-order valence-corrected chi connectivity index (χ4v) is 3.70. The van der Waals surface area contributed by atoms with E-state index in [1.165, 1.54) is 33.7 Å². The maximum atomic E-state index is 13.0. The number of hydrogen-bond acceptors (Lipinski definition) is 6. The van der Waals surface area contributed by atoms with Gasteiger partial charge < -0.3 is 15.4 Å². The molecule has 2 heterocycles. The molecule has 1 saturated heterocycles. The van der Waals surface area contributed by atoms with Gasteiger partial charge in [-0.3, -0.25) is 9.59 Å². The first kappa shape index (κ1) is 19.0. The lowest BCUT2D eigenvalue weighted by molar-refractivity contribution is -0.143. The van der Waals surface area contributed by atoms with Crippen molar-refractivity contribution >= 4 is 29.1 Å². The molecule has 1 aliphatic heterocycles. The summed E-state index contributed by atoms with van der Waals surface area (Å²) < 4.78 is 18.0. The third-order valence-corrected chi connectivity index (χ3v) is 5.17. The van der Waals surface area contributed by atoms with Crippen LogP contribution in [0.1, 0.15) is 29.8 Å². The van der Waals surface area contributed by atoms with Crippen LogP contribution in [0, 0.1) is 5.82 Å². The Morgan fingerprint density at radius 2 is 2.00 bits per heavy atom. The van der Waals surface area contributed by atoms with E-state index in [1.54, 1.807) is 12.1 Å². The highest BCUT2D eigenvalue weighted by Gasteiger charge is 2.31. The maximum absolute atomic E-state index is 13.0. The summed E-state index contributed by atoms with van der Waals surface area (Å²) in [6.07, 6.45) is 2.11. The van der Waals surface area contributed by atoms with Crippen LogP contribution in [0.2, 0.25) is 0 Å². The van der Waals surface area contributed by atoms with Crippen molar-refractivity contribution in [3.63, 3.8) is 0 Å². The highest BCUT2D eigenvalue weighted by Crippen LogP contribution is 2.24. The zero-order chi connectivity index (χ0) is 19.4. The predicted octanol–water partition coefficient (Wildman–Crippen LogP) is 1.97. The Morgan fingerprint density at radius 1 is 1.26 bits per heavy atom. The van der Waals surface area contributed by atoms with E-state index in [9.17, 15) is 18.8 Å². The van der Waals surface area contributed by atoms with Gasteiger partial charge in [0.05, 0.1) is 0 Å². The Kier molecular flexibility index (Phi) is 5.80. The van der Waals surface area contributed by atoms with Crippen LogP contribution in [0.5, 0.6) is 0 Å². The number of benzene rings is 1. The summed E-state index contributed by atoms with van der Waals surface area (Å²) in [5, 5.41) is 2.05. The second kappa shape index (κ2) is 8.26. The number of carbonyl (C=O) groups excluding carboxylic acids is 3. The molecule has 2 amide bonds. The van der Waals surface area contributed by atoms with Crippen LogP contribution in [0.15, 0.2) is 29.6 Å². The normalized spacial score (nSPS) is 16.8. The molecule has 0 unspecified atom stereocenters. The number of thiazole rings is 1. The lowest BCUT2D eigenvalue weighted by atomic mass is 10.0. The minimum atomic E-state index is -0.736. The largest absolute Gasteiger partial charge is 0.451 e. The molecule has 7 nitrogen and oxygen atoms in total. The van der Waals surface area contributed by atoms with E-state index in [-0.39, 0.29) is 11.5 Å². The minimum Gasteiger partial charge on any atom is -0.451 e. The highest BCUT2D eigenvalue weighted by molar-refractivity contribution is 7.13. The van der Waals surface area contributed by atoms with Gasteiger partial charge in [0, 0.05) is 17.5 Å². The van der Waals surface area contributed by atoms with Gasteiger partial charge in [-0.1, -0.05) is 0 Å². The van der Waals surface area contributed by atoms with Crippen molar-refractivity contribution < 1.29 is 23.5 Å². The van der Waals surface area contributed by atoms with E-state index in [0.29, 0.717) is 23.5 Å². The number of rotatable bonds is 5. The Balaban J connectivity index is 1.60. The van der Waals surface area contributed by atoms with E-state index in [0.717, 1.165) is 12.8 Å². The molecule has 142 valence electrons. The molecule has 0 aliphatic carbocycles. The summed E-state index contributed by atoms with van der Waals surface area (Å²) in [6.45, 7) is -0.0680. The first-order valence-corrected chi connectivity index (χ1v) is 9.31. The number of aromatic nitrogens is 1. The van der Waals surface area contributed by atoms with Crippen molar-refractivity contribution in [1.82, 2.24) is 9.88 Å². The first-order chi connectivity index (χ1) is 13.0. The number of esters is 1. The summed E-state index contributed by atoms with van der Waals surface area (Å²) >= 11 is 1.21. The van der Waals surface area contributed by atoms with Crippen LogP contribution < -0.4 is 5.73 Å². The first-order valence-electron chi connectivity index (χ1n) is 8.43. The van der Waals surface area contributed by atoms with Gasteiger partial charge in [0.2, 0.25) is 5.91 Å². The van der Waals surface area contributed by atoms with Crippen molar-refractivity contribution in [2.45, 2.75) is 25.3 Å². The van der Waals surface area contributed by atoms with E-state index in [4.69, 9.17) is 10.5 Å².